The van der Waals surface area contributed by atoms with E-state index in [4.69, 9.17) is 5.73 Å². The third kappa shape index (κ3) is 4.19. The number of rotatable bonds is 5. The number of amides is 2. The van der Waals surface area contributed by atoms with Crippen LogP contribution in [0.1, 0.15) is 34.5 Å². The zero-order valence-electron chi connectivity index (χ0n) is 15.4. The van der Waals surface area contributed by atoms with Crippen LogP contribution in [0.25, 0.3) is 10.9 Å². The standard InChI is InChI=1S/C20H26N4O2/c1-13-5-6-18-16(10-13)17(11-14(2)23-18)20(26)22-7-9-24-8-3-4-15(12-24)19(21)25/h5-6,10-11,15H,3-4,7-9,12H2,1-2H3,(H2,21,25)(H,22,26)/t15-/m0/s1. The smallest absolute Gasteiger partial charge is 0.252 e. The van der Waals surface area contributed by atoms with Crippen LogP contribution in [0.2, 0.25) is 0 Å². The fraction of sp³-hybridized carbons (Fsp3) is 0.450. The molecule has 0 radical (unpaired) electrons. The van der Waals surface area contributed by atoms with Crippen molar-refractivity contribution in [3.05, 3.63) is 41.1 Å². The third-order valence-corrected chi connectivity index (χ3v) is 4.96. The largest absolute Gasteiger partial charge is 0.369 e. The molecular formula is C20H26N4O2. The van der Waals surface area contributed by atoms with Crippen molar-refractivity contribution in [2.75, 3.05) is 26.2 Å². The van der Waals surface area contributed by atoms with Crippen molar-refractivity contribution in [2.45, 2.75) is 26.7 Å². The molecule has 3 rings (SSSR count). The number of hydrogen-bond acceptors (Lipinski definition) is 4. The Morgan fingerprint density at radius 2 is 2.12 bits per heavy atom. The minimum absolute atomic E-state index is 0.0748. The predicted octanol–water partition coefficient (Wildman–Crippen LogP) is 1.78. The fourth-order valence-electron chi connectivity index (χ4n) is 3.57. The van der Waals surface area contributed by atoms with Crippen LogP contribution in [0.15, 0.2) is 24.3 Å². The maximum atomic E-state index is 12.7. The summed E-state index contributed by atoms with van der Waals surface area (Å²) in [5, 5.41) is 3.88. The third-order valence-electron chi connectivity index (χ3n) is 4.96. The molecule has 1 aliphatic heterocycles. The molecule has 2 heterocycles. The van der Waals surface area contributed by atoms with E-state index in [1.807, 2.05) is 38.1 Å². The minimum Gasteiger partial charge on any atom is -0.369 e. The van der Waals surface area contributed by atoms with Gasteiger partial charge in [-0.25, -0.2) is 0 Å². The van der Waals surface area contributed by atoms with Crippen molar-refractivity contribution >= 4 is 22.7 Å². The summed E-state index contributed by atoms with van der Waals surface area (Å²) in [6, 6.07) is 7.79. The van der Waals surface area contributed by atoms with Crippen LogP contribution in [0.5, 0.6) is 0 Å². The van der Waals surface area contributed by atoms with Crippen LogP contribution in [-0.4, -0.2) is 47.9 Å². The number of nitrogens with two attached hydrogens (primary N) is 1. The summed E-state index contributed by atoms with van der Waals surface area (Å²) >= 11 is 0. The number of aromatic nitrogens is 1. The molecule has 6 nitrogen and oxygen atoms in total. The van der Waals surface area contributed by atoms with Crippen molar-refractivity contribution in [1.29, 1.82) is 0 Å². The molecule has 2 amide bonds. The normalized spacial score (nSPS) is 18.0. The summed E-state index contributed by atoms with van der Waals surface area (Å²) < 4.78 is 0. The second-order valence-corrected chi connectivity index (χ2v) is 7.13. The number of aryl methyl sites for hydroxylation is 2. The molecule has 0 bridgehead atoms. The van der Waals surface area contributed by atoms with E-state index in [1.54, 1.807) is 0 Å². The highest BCUT2D eigenvalue weighted by Crippen LogP contribution is 2.20. The molecule has 26 heavy (non-hydrogen) atoms. The van der Waals surface area contributed by atoms with Gasteiger partial charge in [-0.1, -0.05) is 11.6 Å². The summed E-state index contributed by atoms with van der Waals surface area (Å²) in [7, 11) is 0. The SMILES string of the molecule is Cc1ccc2nc(C)cc(C(=O)NCCN3CCC[C@H](C(N)=O)C3)c2c1. The van der Waals surface area contributed by atoms with E-state index in [0.29, 0.717) is 18.7 Å². The first-order valence-corrected chi connectivity index (χ1v) is 9.12. The Balaban J connectivity index is 1.64. The summed E-state index contributed by atoms with van der Waals surface area (Å²) in [5.41, 5.74) is 8.84. The first-order valence-electron chi connectivity index (χ1n) is 9.12. The Morgan fingerprint density at radius 1 is 1.31 bits per heavy atom. The first kappa shape index (κ1) is 18.3. The Labute approximate surface area is 153 Å². The molecule has 0 saturated carbocycles. The highest BCUT2D eigenvalue weighted by atomic mass is 16.2. The van der Waals surface area contributed by atoms with E-state index >= 15 is 0 Å². The maximum absolute atomic E-state index is 12.7. The van der Waals surface area contributed by atoms with Gasteiger partial charge in [0, 0.05) is 30.7 Å². The monoisotopic (exact) mass is 354 g/mol. The number of hydrogen-bond donors (Lipinski definition) is 2. The molecular weight excluding hydrogens is 328 g/mol. The molecule has 0 unspecified atom stereocenters. The number of carbonyl (C=O) groups excluding carboxylic acids is 2. The number of fused-ring (bicyclic) bond motifs is 1. The lowest BCUT2D eigenvalue weighted by Crippen LogP contribution is -2.44. The number of primary amides is 1. The van der Waals surface area contributed by atoms with Gasteiger partial charge in [-0.3, -0.25) is 14.6 Å². The van der Waals surface area contributed by atoms with Crippen molar-refractivity contribution in [3.8, 4) is 0 Å². The van der Waals surface area contributed by atoms with Crippen molar-refractivity contribution < 1.29 is 9.59 Å². The van der Waals surface area contributed by atoms with E-state index in [2.05, 4.69) is 15.2 Å². The molecule has 0 spiro atoms. The highest BCUT2D eigenvalue weighted by molar-refractivity contribution is 6.06. The van der Waals surface area contributed by atoms with Crippen molar-refractivity contribution in [1.82, 2.24) is 15.2 Å². The molecule has 6 heteroatoms. The maximum Gasteiger partial charge on any atom is 0.252 e. The number of likely N-dealkylation sites (tertiary alicyclic amines) is 1. The molecule has 1 aliphatic rings. The van der Waals surface area contributed by atoms with Crippen molar-refractivity contribution in [2.24, 2.45) is 11.7 Å². The molecule has 1 fully saturated rings. The van der Waals surface area contributed by atoms with Crippen LogP contribution in [-0.2, 0) is 4.79 Å². The number of carbonyl (C=O) groups is 2. The lowest BCUT2D eigenvalue weighted by molar-refractivity contribution is -0.123. The van der Waals surface area contributed by atoms with Gasteiger partial charge in [0.15, 0.2) is 0 Å². The average Bonchev–Trinajstić information content (AvgIpc) is 2.61. The molecule has 138 valence electrons. The Kier molecular flexibility index (Phi) is 5.52. The Hall–Kier alpha value is -2.47. The molecule has 1 aromatic heterocycles. The Bertz CT molecular complexity index is 834. The van der Waals surface area contributed by atoms with E-state index in [9.17, 15) is 9.59 Å². The number of benzene rings is 1. The lowest BCUT2D eigenvalue weighted by Gasteiger charge is -2.31. The summed E-state index contributed by atoms with van der Waals surface area (Å²) in [5.74, 6) is -0.392. The zero-order valence-corrected chi connectivity index (χ0v) is 15.4. The van der Waals surface area contributed by atoms with Gasteiger partial charge in [-0.15, -0.1) is 0 Å². The molecule has 1 atom stereocenters. The van der Waals surface area contributed by atoms with E-state index in [1.165, 1.54) is 0 Å². The Morgan fingerprint density at radius 3 is 2.88 bits per heavy atom. The van der Waals surface area contributed by atoms with E-state index in [0.717, 1.165) is 48.1 Å². The number of piperidine rings is 1. The van der Waals surface area contributed by atoms with Gasteiger partial charge in [0.25, 0.3) is 5.91 Å². The predicted molar refractivity (Wildman–Crippen MR) is 102 cm³/mol. The lowest BCUT2D eigenvalue weighted by atomic mass is 9.97. The molecule has 0 aliphatic carbocycles. The van der Waals surface area contributed by atoms with Crippen LogP contribution in [0.3, 0.4) is 0 Å². The van der Waals surface area contributed by atoms with Crippen LogP contribution in [0, 0.1) is 19.8 Å². The molecule has 1 saturated heterocycles. The van der Waals surface area contributed by atoms with Gasteiger partial charge >= 0.3 is 0 Å². The van der Waals surface area contributed by atoms with Crippen LogP contribution < -0.4 is 11.1 Å². The van der Waals surface area contributed by atoms with E-state index in [-0.39, 0.29) is 17.7 Å². The van der Waals surface area contributed by atoms with Crippen molar-refractivity contribution in [3.63, 3.8) is 0 Å². The fourth-order valence-corrected chi connectivity index (χ4v) is 3.57. The first-order chi connectivity index (χ1) is 12.4. The molecule has 2 aromatic rings. The number of nitrogens with one attached hydrogen (secondary N) is 1. The van der Waals surface area contributed by atoms with Gasteiger partial charge in [0.05, 0.1) is 17.0 Å². The van der Waals surface area contributed by atoms with Crippen LogP contribution >= 0.6 is 0 Å². The average molecular weight is 354 g/mol. The highest BCUT2D eigenvalue weighted by Gasteiger charge is 2.23. The molecule has 1 aromatic carbocycles. The van der Waals surface area contributed by atoms with Gasteiger partial charge in [0.2, 0.25) is 5.91 Å². The summed E-state index contributed by atoms with van der Waals surface area (Å²) in [6.07, 6.45) is 1.83. The summed E-state index contributed by atoms with van der Waals surface area (Å²) in [6.45, 7) is 6.79. The van der Waals surface area contributed by atoms with Crippen LogP contribution in [0.4, 0.5) is 0 Å². The number of pyridine rings is 1. The second-order valence-electron chi connectivity index (χ2n) is 7.13. The number of nitrogens with zero attached hydrogens (tertiary/aromatic N) is 2. The summed E-state index contributed by atoms with van der Waals surface area (Å²) in [4.78, 5) is 30.8. The second kappa shape index (κ2) is 7.83. The molecule has 3 N–H and O–H groups in total. The minimum atomic E-state index is -0.229. The zero-order chi connectivity index (χ0) is 18.7. The van der Waals surface area contributed by atoms with Gasteiger partial charge in [0.1, 0.15) is 0 Å². The topological polar surface area (TPSA) is 88.3 Å². The quantitative estimate of drug-likeness (QED) is 0.857. The van der Waals surface area contributed by atoms with Gasteiger partial charge < -0.3 is 16.0 Å². The van der Waals surface area contributed by atoms with Gasteiger partial charge in [-0.05, 0) is 51.4 Å². The van der Waals surface area contributed by atoms with E-state index < -0.39 is 0 Å². The van der Waals surface area contributed by atoms with Gasteiger partial charge in [-0.2, -0.15) is 0 Å².